The van der Waals surface area contributed by atoms with E-state index < -0.39 is 23.4 Å². The molecule has 2 rings (SSSR count). The van der Waals surface area contributed by atoms with Crippen LogP contribution in [0.15, 0.2) is 15.8 Å². The van der Waals surface area contributed by atoms with Crippen LogP contribution >= 0.6 is 0 Å². The van der Waals surface area contributed by atoms with Crippen LogP contribution in [-0.2, 0) is 0 Å². The summed E-state index contributed by atoms with van der Waals surface area (Å²) < 4.78 is 13.6. The zero-order valence-electron chi connectivity index (χ0n) is 9.23. The van der Waals surface area contributed by atoms with E-state index in [1.54, 1.807) is 4.90 Å². The fourth-order valence-electron chi connectivity index (χ4n) is 1.99. The molecule has 1 aliphatic heterocycles. The monoisotopic (exact) mass is 243 g/mol. The second-order valence-corrected chi connectivity index (χ2v) is 4.06. The molecule has 1 aromatic heterocycles. The van der Waals surface area contributed by atoms with Crippen molar-refractivity contribution in [2.45, 2.75) is 25.6 Å². The average Bonchev–Trinajstić information content (AvgIpc) is 2.35. The smallest absolute Gasteiger partial charge is 0.331 e. The molecule has 6 nitrogen and oxygen atoms in total. The Bertz CT molecular complexity index is 504. The predicted octanol–water partition coefficient (Wildman–Crippen LogP) is -0.390. The summed E-state index contributed by atoms with van der Waals surface area (Å²) in [6.45, 7) is 1.17. The van der Waals surface area contributed by atoms with Crippen molar-refractivity contribution in [1.82, 2.24) is 14.5 Å². The summed E-state index contributed by atoms with van der Waals surface area (Å²) in [7, 11) is 0. The average molecular weight is 243 g/mol. The van der Waals surface area contributed by atoms with Gasteiger partial charge in [0.15, 0.2) is 6.35 Å². The van der Waals surface area contributed by atoms with Gasteiger partial charge in [0, 0.05) is 19.3 Å². The highest BCUT2D eigenvalue weighted by Crippen LogP contribution is 2.14. The highest BCUT2D eigenvalue weighted by Gasteiger charge is 2.23. The Balaban J connectivity index is 2.36. The summed E-state index contributed by atoms with van der Waals surface area (Å²) in [4.78, 5) is 26.5. The van der Waals surface area contributed by atoms with Crippen molar-refractivity contribution in [3.63, 3.8) is 0 Å². The molecule has 1 fully saturated rings. The molecule has 0 aliphatic carbocycles. The summed E-state index contributed by atoms with van der Waals surface area (Å²) in [5.74, 6) is -1.08. The van der Waals surface area contributed by atoms with Crippen molar-refractivity contribution >= 4 is 0 Å². The van der Waals surface area contributed by atoms with Gasteiger partial charge in [-0.15, -0.1) is 0 Å². The zero-order valence-corrected chi connectivity index (χ0v) is 9.23. The maximum Gasteiger partial charge on any atom is 0.331 e. The molecule has 2 N–H and O–H groups in total. The molecule has 0 aromatic carbocycles. The Morgan fingerprint density at radius 2 is 1.94 bits per heavy atom. The molecule has 94 valence electrons. The molecule has 1 saturated heterocycles. The fourth-order valence-corrected chi connectivity index (χ4v) is 1.99. The van der Waals surface area contributed by atoms with Gasteiger partial charge in [0.1, 0.15) is 0 Å². The van der Waals surface area contributed by atoms with Crippen LogP contribution in [0.1, 0.15) is 25.6 Å². The lowest BCUT2D eigenvalue weighted by atomic mass is 10.1. The van der Waals surface area contributed by atoms with Crippen LogP contribution in [0.25, 0.3) is 0 Å². The summed E-state index contributed by atoms with van der Waals surface area (Å²) in [6.07, 6.45) is 2.13. The van der Waals surface area contributed by atoms with E-state index in [0.717, 1.165) is 19.3 Å². The van der Waals surface area contributed by atoms with Gasteiger partial charge >= 0.3 is 5.69 Å². The molecule has 1 aliphatic rings. The van der Waals surface area contributed by atoms with Gasteiger partial charge in [0.2, 0.25) is 5.82 Å². The number of aliphatic hydroxyl groups excluding tert-OH is 1. The van der Waals surface area contributed by atoms with Crippen LogP contribution in [0, 0.1) is 5.82 Å². The summed E-state index contributed by atoms with van der Waals surface area (Å²) in [6, 6.07) is 0. The molecule has 0 saturated carbocycles. The van der Waals surface area contributed by atoms with Gasteiger partial charge in [-0.05, 0) is 12.8 Å². The number of aromatic amines is 1. The number of rotatable bonds is 2. The highest BCUT2D eigenvalue weighted by molar-refractivity contribution is 4.88. The van der Waals surface area contributed by atoms with Gasteiger partial charge in [-0.25, -0.2) is 9.36 Å². The standard InChI is InChI=1S/C10H14FN3O3/c11-7-6-12-9(16)14(8(7)15)10(17)13-4-2-1-3-5-13/h6,10,17H,1-5H2,(H,12,16). The van der Waals surface area contributed by atoms with E-state index in [0.29, 0.717) is 23.9 Å². The van der Waals surface area contributed by atoms with E-state index in [1.165, 1.54) is 0 Å². The lowest BCUT2D eigenvalue weighted by Gasteiger charge is -2.31. The maximum absolute atomic E-state index is 13.1. The molecule has 1 unspecified atom stereocenters. The number of piperidine rings is 1. The normalized spacial score (nSPS) is 19.2. The van der Waals surface area contributed by atoms with Crippen LogP contribution in [0.3, 0.4) is 0 Å². The number of aromatic nitrogens is 2. The zero-order chi connectivity index (χ0) is 12.4. The molecule has 7 heteroatoms. The molecule has 1 atom stereocenters. The molecule has 2 heterocycles. The van der Waals surface area contributed by atoms with Gasteiger partial charge in [0.05, 0.1) is 0 Å². The number of halogens is 1. The molecule has 0 amide bonds. The first-order valence-electron chi connectivity index (χ1n) is 5.53. The summed E-state index contributed by atoms with van der Waals surface area (Å²) in [5, 5.41) is 9.93. The van der Waals surface area contributed by atoms with Crippen LogP contribution in [0.4, 0.5) is 4.39 Å². The second kappa shape index (κ2) is 4.80. The van der Waals surface area contributed by atoms with Gasteiger partial charge in [0.25, 0.3) is 5.56 Å². The Hall–Kier alpha value is -1.47. The third-order valence-corrected chi connectivity index (χ3v) is 2.91. The molecular formula is C10H14FN3O3. The Morgan fingerprint density at radius 3 is 2.59 bits per heavy atom. The molecule has 0 spiro atoms. The second-order valence-electron chi connectivity index (χ2n) is 4.06. The van der Waals surface area contributed by atoms with Crippen molar-refractivity contribution in [3.05, 3.63) is 32.9 Å². The van der Waals surface area contributed by atoms with Gasteiger partial charge in [-0.1, -0.05) is 6.42 Å². The topological polar surface area (TPSA) is 78.3 Å². The first-order chi connectivity index (χ1) is 8.11. The molecule has 0 bridgehead atoms. The first-order valence-corrected chi connectivity index (χ1v) is 5.53. The third kappa shape index (κ3) is 2.29. The SMILES string of the molecule is O=c1[nH]cc(F)c(=O)n1C(O)N1CCCCC1. The van der Waals surface area contributed by atoms with Crippen molar-refractivity contribution in [3.8, 4) is 0 Å². The van der Waals surface area contributed by atoms with E-state index in [9.17, 15) is 19.1 Å². The van der Waals surface area contributed by atoms with E-state index in [4.69, 9.17) is 0 Å². The predicted molar refractivity (Wildman–Crippen MR) is 58.0 cm³/mol. The summed E-state index contributed by atoms with van der Waals surface area (Å²) >= 11 is 0. The molecule has 17 heavy (non-hydrogen) atoms. The molecule has 0 radical (unpaired) electrons. The third-order valence-electron chi connectivity index (χ3n) is 2.91. The minimum absolute atomic E-state index is 0.501. The van der Waals surface area contributed by atoms with Crippen molar-refractivity contribution in [2.75, 3.05) is 13.1 Å². The molecule has 1 aromatic rings. The van der Waals surface area contributed by atoms with Crippen LogP contribution < -0.4 is 11.2 Å². The summed E-state index contributed by atoms with van der Waals surface area (Å²) in [5.41, 5.74) is -1.92. The van der Waals surface area contributed by atoms with Gasteiger partial charge < -0.3 is 10.1 Å². The Morgan fingerprint density at radius 1 is 1.29 bits per heavy atom. The van der Waals surface area contributed by atoms with Gasteiger partial charge in [-0.2, -0.15) is 4.39 Å². The van der Waals surface area contributed by atoms with Crippen LogP contribution in [0.2, 0.25) is 0 Å². The van der Waals surface area contributed by atoms with Crippen molar-refractivity contribution in [1.29, 1.82) is 0 Å². The minimum atomic E-state index is -1.40. The van der Waals surface area contributed by atoms with E-state index in [2.05, 4.69) is 4.98 Å². The number of nitrogens with one attached hydrogen (secondary N) is 1. The van der Waals surface area contributed by atoms with Crippen molar-refractivity contribution < 1.29 is 9.50 Å². The lowest BCUT2D eigenvalue weighted by molar-refractivity contribution is -0.0695. The van der Waals surface area contributed by atoms with Gasteiger partial charge in [-0.3, -0.25) is 9.69 Å². The quantitative estimate of drug-likeness (QED) is 0.741. The van der Waals surface area contributed by atoms with Crippen LogP contribution in [-0.4, -0.2) is 32.6 Å². The highest BCUT2D eigenvalue weighted by atomic mass is 19.1. The number of H-pyrrole nitrogens is 1. The minimum Gasteiger partial charge on any atom is -0.360 e. The number of hydrogen-bond donors (Lipinski definition) is 2. The van der Waals surface area contributed by atoms with Crippen molar-refractivity contribution in [2.24, 2.45) is 0 Å². The maximum atomic E-state index is 13.1. The van der Waals surface area contributed by atoms with E-state index >= 15 is 0 Å². The molecular weight excluding hydrogens is 229 g/mol. The first kappa shape index (κ1) is 12.0. The van der Waals surface area contributed by atoms with E-state index in [1.807, 2.05) is 0 Å². The number of aliphatic hydroxyl groups is 1. The Kier molecular flexibility index (Phi) is 3.39. The Labute approximate surface area is 96.3 Å². The largest absolute Gasteiger partial charge is 0.360 e. The van der Waals surface area contributed by atoms with Crippen LogP contribution in [0.5, 0.6) is 0 Å². The number of hydrogen-bond acceptors (Lipinski definition) is 4. The number of likely N-dealkylation sites (tertiary alicyclic amines) is 1. The van der Waals surface area contributed by atoms with E-state index in [-0.39, 0.29) is 0 Å². The fraction of sp³-hybridized carbons (Fsp3) is 0.600. The lowest BCUT2D eigenvalue weighted by Crippen LogP contribution is -2.47. The number of nitrogens with zero attached hydrogens (tertiary/aromatic N) is 2.